The zero-order valence-corrected chi connectivity index (χ0v) is 14.3. The fourth-order valence-electron chi connectivity index (χ4n) is 2.51. The quantitative estimate of drug-likeness (QED) is 0.742. The van der Waals surface area contributed by atoms with E-state index < -0.39 is 0 Å². The van der Waals surface area contributed by atoms with Gasteiger partial charge < -0.3 is 10.6 Å². The number of aromatic nitrogens is 2. The minimum absolute atomic E-state index is 0.174. The maximum atomic E-state index is 12.5. The van der Waals surface area contributed by atoms with E-state index in [1.807, 2.05) is 44.2 Å². The Kier molecular flexibility index (Phi) is 5.04. The second-order valence-corrected chi connectivity index (χ2v) is 5.94. The molecule has 1 aromatic carbocycles. The van der Waals surface area contributed by atoms with Gasteiger partial charge in [0.05, 0.1) is 11.3 Å². The van der Waals surface area contributed by atoms with Gasteiger partial charge in [-0.2, -0.15) is 0 Å². The second kappa shape index (κ2) is 7.57. The van der Waals surface area contributed by atoms with Crippen LogP contribution < -0.4 is 10.6 Å². The van der Waals surface area contributed by atoms with Crippen LogP contribution in [0.4, 0.5) is 11.4 Å². The molecule has 3 aromatic rings. The van der Waals surface area contributed by atoms with Gasteiger partial charge in [0, 0.05) is 37.0 Å². The predicted molar refractivity (Wildman–Crippen MR) is 99.7 cm³/mol. The lowest BCUT2D eigenvalue weighted by Gasteiger charge is -2.10. The number of benzene rings is 1. The third-order valence-corrected chi connectivity index (χ3v) is 3.88. The Bertz CT molecular complexity index is 878. The maximum Gasteiger partial charge on any atom is 0.257 e. The Labute approximate surface area is 147 Å². The van der Waals surface area contributed by atoms with E-state index in [2.05, 4.69) is 20.6 Å². The third-order valence-electron chi connectivity index (χ3n) is 3.88. The molecule has 126 valence electrons. The van der Waals surface area contributed by atoms with Gasteiger partial charge in [-0.25, -0.2) is 0 Å². The van der Waals surface area contributed by atoms with Crippen molar-refractivity contribution in [2.24, 2.45) is 0 Å². The molecule has 0 saturated heterocycles. The number of amides is 1. The van der Waals surface area contributed by atoms with Crippen molar-refractivity contribution >= 4 is 17.3 Å². The van der Waals surface area contributed by atoms with E-state index in [1.54, 1.807) is 30.9 Å². The van der Waals surface area contributed by atoms with Crippen LogP contribution in [0, 0.1) is 13.8 Å². The maximum absolute atomic E-state index is 12.5. The average Bonchev–Trinajstić information content (AvgIpc) is 2.63. The molecule has 0 aliphatic heterocycles. The van der Waals surface area contributed by atoms with Crippen LogP contribution in [0.25, 0.3) is 0 Å². The molecule has 0 atom stereocenters. The molecule has 2 aromatic heterocycles. The van der Waals surface area contributed by atoms with Crippen LogP contribution in [0.1, 0.15) is 27.0 Å². The smallest absolute Gasteiger partial charge is 0.257 e. The first kappa shape index (κ1) is 16.6. The summed E-state index contributed by atoms with van der Waals surface area (Å²) in [7, 11) is 0. The van der Waals surface area contributed by atoms with Crippen molar-refractivity contribution in [1.82, 2.24) is 9.97 Å². The van der Waals surface area contributed by atoms with Crippen LogP contribution >= 0.6 is 0 Å². The lowest BCUT2D eigenvalue weighted by Crippen LogP contribution is -2.13. The van der Waals surface area contributed by atoms with Crippen molar-refractivity contribution in [3.05, 3.63) is 83.4 Å². The Morgan fingerprint density at radius 2 is 1.80 bits per heavy atom. The van der Waals surface area contributed by atoms with Gasteiger partial charge in [0.15, 0.2) is 0 Å². The lowest BCUT2D eigenvalue weighted by atomic mass is 10.1. The van der Waals surface area contributed by atoms with E-state index in [4.69, 9.17) is 0 Å². The van der Waals surface area contributed by atoms with Crippen molar-refractivity contribution in [2.75, 3.05) is 10.6 Å². The molecule has 0 spiro atoms. The highest BCUT2D eigenvalue weighted by molar-refractivity contribution is 6.04. The molecule has 3 rings (SSSR count). The van der Waals surface area contributed by atoms with Gasteiger partial charge in [-0.05, 0) is 49.2 Å². The van der Waals surface area contributed by atoms with Crippen LogP contribution in [0.3, 0.4) is 0 Å². The van der Waals surface area contributed by atoms with Crippen molar-refractivity contribution in [3.63, 3.8) is 0 Å². The molecule has 5 nitrogen and oxygen atoms in total. The van der Waals surface area contributed by atoms with Crippen molar-refractivity contribution in [3.8, 4) is 0 Å². The number of pyridine rings is 2. The van der Waals surface area contributed by atoms with Crippen LogP contribution in [0.2, 0.25) is 0 Å². The van der Waals surface area contributed by atoms with Crippen LogP contribution in [0.15, 0.2) is 61.2 Å². The van der Waals surface area contributed by atoms with E-state index in [0.29, 0.717) is 12.1 Å². The minimum Gasteiger partial charge on any atom is -0.380 e. The minimum atomic E-state index is -0.174. The Morgan fingerprint density at radius 1 is 1.00 bits per heavy atom. The lowest BCUT2D eigenvalue weighted by molar-refractivity contribution is 0.102. The van der Waals surface area contributed by atoms with Gasteiger partial charge in [-0.15, -0.1) is 0 Å². The van der Waals surface area contributed by atoms with Crippen molar-refractivity contribution in [1.29, 1.82) is 0 Å². The molecule has 25 heavy (non-hydrogen) atoms. The van der Waals surface area contributed by atoms with Crippen LogP contribution in [0.5, 0.6) is 0 Å². The molecule has 5 heteroatoms. The summed E-state index contributed by atoms with van der Waals surface area (Å²) in [6, 6.07) is 11.6. The van der Waals surface area contributed by atoms with Gasteiger partial charge in [0.25, 0.3) is 5.91 Å². The van der Waals surface area contributed by atoms with Crippen molar-refractivity contribution < 1.29 is 4.79 Å². The second-order valence-electron chi connectivity index (χ2n) is 5.94. The number of anilines is 2. The van der Waals surface area contributed by atoms with Crippen LogP contribution in [-0.2, 0) is 6.54 Å². The highest BCUT2D eigenvalue weighted by atomic mass is 16.1. The summed E-state index contributed by atoms with van der Waals surface area (Å²) in [5.41, 5.74) is 5.43. The van der Waals surface area contributed by atoms with Gasteiger partial charge in [0.1, 0.15) is 0 Å². The molecular formula is C20H20N4O. The molecule has 0 saturated carbocycles. The summed E-state index contributed by atoms with van der Waals surface area (Å²) >= 11 is 0. The molecule has 0 aliphatic rings. The van der Waals surface area contributed by atoms with E-state index in [0.717, 1.165) is 22.5 Å². The number of aryl methyl sites for hydroxylation is 2. The Hall–Kier alpha value is -3.21. The summed E-state index contributed by atoms with van der Waals surface area (Å²) < 4.78 is 0. The van der Waals surface area contributed by atoms with Crippen LogP contribution in [-0.4, -0.2) is 15.9 Å². The number of carbonyl (C=O) groups excluding carboxylic acids is 1. The van der Waals surface area contributed by atoms with Gasteiger partial charge in [-0.3, -0.25) is 14.8 Å². The molecule has 2 N–H and O–H groups in total. The first-order valence-corrected chi connectivity index (χ1v) is 8.08. The summed E-state index contributed by atoms with van der Waals surface area (Å²) in [6.07, 6.45) is 6.78. The first-order valence-electron chi connectivity index (χ1n) is 8.08. The fourth-order valence-corrected chi connectivity index (χ4v) is 2.51. The van der Waals surface area contributed by atoms with E-state index in [9.17, 15) is 4.79 Å². The van der Waals surface area contributed by atoms with Gasteiger partial charge in [0.2, 0.25) is 0 Å². The normalized spacial score (nSPS) is 10.3. The zero-order valence-electron chi connectivity index (χ0n) is 14.3. The number of rotatable bonds is 5. The monoisotopic (exact) mass is 332 g/mol. The first-order chi connectivity index (χ1) is 12.1. The molecule has 0 radical (unpaired) electrons. The SMILES string of the molecule is Cc1ccc(NC(=O)c2cncc(NCc3ccncc3)c2)c(C)c1. The predicted octanol–water partition coefficient (Wildman–Crippen LogP) is 3.96. The van der Waals surface area contributed by atoms with Crippen molar-refractivity contribution in [2.45, 2.75) is 20.4 Å². The number of nitrogens with zero attached hydrogens (tertiary/aromatic N) is 2. The molecule has 0 unspecified atom stereocenters. The van der Waals surface area contributed by atoms with E-state index in [-0.39, 0.29) is 5.91 Å². The summed E-state index contributed by atoms with van der Waals surface area (Å²) in [5.74, 6) is -0.174. The van der Waals surface area contributed by atoms with E-state index >= 15 is 0 Å². The van der Waals surface area contributed by atoms with Gasteiger partial charge >= 0.3 is 0 Å². The summed E-state index contributed by atoms with van der Waals surface area (Å²) in [5, 5.41) is 6.21. The van der Waals surface area contributed by atoms with E-state index in [1.165, 1.54) is 5.56 Å². The zero-order chi connectivity index (χ0) is 17.6. The molecule has 0 fully saturated rings. The largest absolute Gasteiger partial charge is 0.380 e. The number of carbonyl (C=O) groups is 1. The number of hydrogen-bond donors (Lipinski definition) is 2. The molecule has 0 aliphatic carbocycles. The molecular weight excluding hydrogens is 312 g/mol. The topological polar surface area (TPSA) is 66.9 Å². The third kappa shape index (κ3) is 4.41. The molecule has 1 amide bonds. The number of nitrogens with one attached hydrogen (secondary N) is 2. The van der Waals surface area contributed by atoms with Gasteiger partial charge in [-0.1, -0.05) is 17.7 Å². The molecule has 2 heterocycles. The standard InChI is InChI=1S/C20H20N4O/c1-14-3-4-19(15(2)9-14)24-20(25)17-10-18(13-22-12-17)23-11-16-5-7-21-8-6-16/h3-10,12-13,23H,11H2,1-2H3,(H,24,25). The Balaban J connectivity index is 1.69. The summed E-state index contributed by atoms with van der Waals surface area (Å²) in [4.78, 5) is 20.6. The summed E-state index contributed by atoms with van der Waals surface area (Å²) in [6.45, 7) is 4.65. The average molecular weight is 332 g/mol. The highest BCUT2D eigenvalue weighted by Crippen LogP contribution is 2.18. The Morgan fingerprint density at radius 3 is 2.56 bits per heavy atom. The molecule has 0 bridgehead atoms. The highest BCUT2D eigenvalue weighted by Gasteiger charge is 2.09. The fraction of sp³-hybridized carbons (Fsp3) is 0.150. The number of hydrogen-bond acceptors (Lipinski definition) is 4.